The molecule has 0 spiro atoms. The predicted molar refractivity (Wildman–Crippen MR) is 75.7 cm³/mol. The number of hydrogen-bond donors (Lipinski definition) is 1. The lowest BCUT2D eigenvalue weighted by molar-refractivity contribution is 0.454. The Morgan fingerprint density at radius 2 is 1.84 bits per heavy atom. The van der Waals surface area contributed by atoms with Crippen LogP contribution in [0.4, 0.5) is 8.78 Å². The van der Waals surface area contributed by atoms with E-state index in [9.17, 15) is 8.78 Å². The van der Waals surface area contributed by atoms with Gasteiger partial charge >= 0.3 is 0 Å². The summed E-state index contributed by atoms with van der Waals surface area (Å²) in [4.78, 5) is 0. The molecule has 2 aromatic carbocycles. The van der Waals surface area contributed by atoms with Crippen LogP contribution in [0.2, 0.25) is 0 Å². The standard InChI is InChI=1S/C15H14BrF2N/c1-15(19,9-10-4-2-5-11(17)8-10)12-6-3-7-13(16)14(12)18/h2-8H,9,19H2,1H3. The van der Waals surface area contributed by atoms with Crippen molar-refractivity contribution in [2.45, 2.75) is 18.9 Å². The zero-order valence-corrected chi connectivity index (χ0v) is 12.0. The van der Waals surface area contributed by atoms with Gasteiger partial charge in [-0.25, -0.2) is 8.78 Å². The van der Waals surface area contributed by atoms with Gasteiger partial charge in [-0.05, 0) is 53.0 Å². The molecule has 0 saturated carbocycles. The van der Waals surface area contributed by atoms with E-state index in [4.69, 9.17) is 5.73 Å². The molecule has 0 aromatic heterocycles. The summed E-state index contributed by atoms with van der Waals surface area (Å²) in [5, 5.41) is 0. The first-order chi connectivity index (χ1) is 8.90. The van der Waals surface area contributed by atoms with Gasteiger partial charge in [0.2, 0.25) is 0 Å². The van der Waals surface area contributed by atoms with Crippen molar-refractivity contribution in [1.82, 2.24) is 0 Å². The summed E-state index contributed by atoms with van der Waals surface area (Å²) in [6.45, 7) is 1.74. The molecule has 1 nitrogen and oxygen atoms in total. The van der Waals surface area contributed by atoms with Crippen molar-refractivity contribution in [2.24, 2.45) is 5.73 Å². The number of rotatable bonds is 3. The third-order valence-electron chi connectivity index (χ3n) is 3.03. The fourth-order valence-corrected chi connectivity index (χ4v) is 2.48. The molecule has 0 radical (unpaired) electrons. The van der Waals surface area contributed by atoms with Crippen LogP contribution >= 0.6 is 15.9 Å². The molecule has 0 amide bonds. The van der Waals surface area contributed by atoms with Crippen molar-refractivity contribution in [2.75, 3.05) is 0 Å². The maximum atomic E-state index is 14.1. The first-order valence-electron chi connectivity index (χ1n) is 5.88. The van der Waals surface area contributed by atoms with Gasteiger partial charge < -0.3 is 5.73 Å². The first kappa shape index (κ1) is 14.2. The maximum absolute atomic E-state index is 14.1. The van der Waals surface area contributed by atoms with E-state index >= 15 is 0 Å². The van der Waals surface area contributed by atoms with Gasteiger partial charge in [0, 0.05) is 11.1 Å². The molecular weight excluding hydrogens is 312 g/mol. The second kappa shape index (κ2) is 5.39. The molecule has 0 fully saturated rings. The van der Waals surface area contributed by atoms with Gasteiger partial charge in [-0.15, -0.1) is 0 Å². The van der Waals surface area contributed by atoms with Crippen molar-refractivity contribution in [3.63, 3.8) is 0 Å². The smallest absolute Gasteiger partial charge is 0.142 e. The van der Waals surface area contributed by atoms with E-state index in [1.807, 2.05) is 0 Å². The van der Waals surface area contributed by atoms with Crippen molar-refractivity contribution in [3.8, 4) is 0 Å². The molecule has 4 heteroatoms. The lowest BCUT2D eigenvalue weighted by atomic mass is 9.86. The molecule has 0 bridgehead atoms. The molecule has 2 N–H and O–H groups in total. The molecule has 0 aliphatic heterocycles. The SMILES string of the molecule is CC(N)(Cc1cccc(F)c1)c1cccc(Br)c1F. The Morgan fingerprint density at radius 1 is 1.16 bits per heavy atom. The summed E-state index contributed by atoms with van der Waals surface area (Å²) in [5.41, 5.74) is 6.45. The number of nitrogens with two attached hydrogens (primary N) is 1. The monoisotopic (exact) mass is 325 g/mol. The normalized spacial score (nSPS) is 14.2. The molecule has 2 rings (SSSR count). The van der Waals surface area contributed by atoms with Gasteiger partial charge in [-0.2, -0.15) is 0 Å². The van der Waals surface area contributed by atoms with E-state index in [-0.39, 0.29) is 11.6 Å². The van der Waals surface area contributed by atoms with E-state index < -0.39 is 5.54 Å². The Hall–Kier alpha value is -1.26. The molecule has 1 unspecified atom stereocenters. The Balaban J connectivity index is 2.34. The minimum absolute atomic E-state index is 0.317. The van der Waals surface area contributed by atoms with Crippen LogP contribution in [-0.2, 0) is 12.0 Å². The highest BCUT2D eigenvalue weighted by Crippen LogP contribution is 2.29. The molecule has 0 aliphatic carbocycles. The average molecular weight is 326 g/mol. The van der Waals surface area contributed by atoms with E-state index in [0.29, 0.717) is 16.5 Å². The number of halogens is 3. The summed E-state index contributed by atoms with van der Waals surface area (Å²) in [6, 6.07) is 11.2. The molecule has 1 atom stereocenters. The minimum atomic E-state index is -0.901. The van der Waals surface area contributed by atoms with Crippen LogP contribution in [0.3, 0.4) is 0 Å². The highest BCUT2D eigenvalue weighted by Gasteiger charge is 2.26. The second-order valence-corrected chi connectivity index (χ2v) is 5.68. The van der Waals surface area contributed by atoms with Gasteiger partial charge in [0.1, 0.15) is 11.6 Å². The fraction of sp³-hybridized carbons (Fsp3) is 0.200. The third kappa shape index (κ3) is 3.19. The van der Waals surface area contributed by atoms with Gasteiger partial charge in [0.15, 0.2) is 0 Å². The fourth-order valence-electron chi connectivity index (χ4n) is 2.11. The van der Waals surface area contributed by atoms with Crippen LogP contribution < -0.4 is 5.73 Å². The first-order valence-corrected chi connectivity index (χ1v) is 6.67. The summed E-state index contributed by atoms with van der Waals surface area (Å²) in [5.74, 6) is -0.688. The van der Waals surface area contributed by atoms with Crippen LogP contribution in [0.25, 0.3) is 0 Å². The average Bonchev–Trinajstić information content (AvgIpc) is 2.32. The largest absolute Gasteiger partial charge is 0.321 e. The lowest BCUT2D eigenvalue weighted by Gasteiger charge is -2.26. The summed E-state index contributed by atoms with van der Waals surface area (Å²) in [7, 11) is 0. The molecule has 0 heterocycles. The topological polar surface area (TPSA) is 26.0 Å². The van der Waals surface area contributed by atoms with E-state index in [0.717, 1.165) is 5.56 Å². The minimum Gasteiger partial charge on any atom is -0.321 e. The second-order valence-electron chi connectivity index (χ2n) is 4.83. The van der Waals surface area contributed by atoms with Crippen molar-refractivity contribution in [3.05, 3.63) is 69.7 Å². The lowest BCUT2D eigenvalue weighted by Crippen LogP contribution is -2.36. The van der Waals surface area contributed by atoms with Gasteiger partial charge in [0.05, 0.1) is 4.47 Å². The van der Waals surface area contributed by atoms with E-state index in [2.05, 4.69) is 15.9 Å². The van der Waals surface area contributed by atoms with Crippen LogP contribution in [-0.4, -0.2) is 0 Å². The summed E-state index contributed by atoms with van der Waals surface area (Å²) < 4.78 is 27.6. The van der Waals surface area contributed by atoms with Gasteiger partial charge in [-0.3, -0.25) is 0 Å². The predicted octanol–water partition coefficient (Wildman–Crippen LogP) is 4.14. The van der Waals surface area contributed by atoms with E-state index in [1.54, 1.807) is 37.3 Å². The molecule has 100 valence electrons. The van der Waals surface area contributed by atoms with Crippen LogP contribution in [0.15, 0.2) is 46.9 Å². The quantitative estimate of drug-likeness (QED) is 0.901. The van der Waals surface area contributed by atoms with Gasteiger partial charge in [-0.1, -0.05) is 24.3 Å². The maximum Gasteiger partial charge on any atom is 0.142 e. The van der Waals surface area contributed by atoms with Crippen molar-refractivity contribution < 1.29 is 8.78 Å². The van der Waals surface area contributed by atoms with Crippen LogP contribution in [0, 0.1) is 11.6 Å². The summed E-state index contributed by atoms with van der Waals surface area (Å²) in [6.07, 6.45) is 0.359. The van der Waals surface area contributed by atoms with Gasteiger partial charge in [0.25, 0.3) is 0 Å². The molecule has 0 saturated heterocycles. The van der Waals surface area contributed by atoms with Crippen LogP contribution in [0.1, 0.15) is 18.1 Å². The Kier molecular flexibility index (Phi) is 4.02. The zero-order valence-electron chi connectivity index (χ0n) is 10.5. The molecule has 19 heavy (non-hydrogen) atoms. The molecular formula is C15H14BrF2N. The molecule has 2 aromatic rings. The zero-order chi connectivity index (χ0) is 14.0. The third-order valence-corrected chi connectivity index (χ3v) is 3.64. The Labute approximate surface area is 119 Å². The van der Waals surface area contributed by atoms with E-state index in [1.165, 1.54) is 12.1 Å². The highest BCUT2D eigenvalue weighted by atomic mass is 79.9. The number of hydrogen-bond acceptors (Lipinski definition) is 1. The van der Waals surface area contributed by atoms with Crippen molar-refractivity contribution in [1.29, 1.82) is 0 Å². The summed E-state index contributed by atoms with van der Waals surface area (Å²) >= 11 is 3.15. The Morgan fingerprint density at radius 3 is 2.53 bits per heavy atom. The number of benzene rings is 2. The highest BCUT2D eigenvalue weighted by molar-refractivity contribution is 9.10. The Bertz CT molecular complexity index is 596. The van der Waals surface area contributed by atoms with Crippen molar-refractivity contribution >= 4 is 15.9 Å². The molecule has 0 aliphatic rings. The van der Waals surface area contributed by atoms with Crippen LogP contribution in [0.5, 0.6) is 0 Å².